The van der Waals surface area contributed by atoms with Gasteiger partial charge in [-0.15, -0.1) is 21.5 Å². The van der Waals surface area contributed by atoms with Gasteiger partial charge in [0.15, 0.2) is 10.9 Å². The SMILES string of the molecule is Cn1c(Cc2cccs2)nnc1Sc1ccc(C(=O)c2ccccc2)cc1[N+](=O)[O-]. The van der Waals surface area contributed by atoms with Crippen LogP contribution in [0.2, 0.25) is 0 Å². The van der Waals surface area contributed by atoms with E-state index in [1.165, 1.54) is 6.07 Å². The van der Waals surface area contributed by atoms with Crippen LogP contribution < -0.4 is 0 Å². The van der Waals surface area contributed by atoms with E-state index in [1.807, 2.05) is 35.2 Å². The zero-order valence-electron chi connectivity index (χ0n) is 15.9. The molecule has 4 aromatic rings. The lowest BCUT2D eigenvalue weighted by Gasteiger charge is -2.06. The molecule has 4 rings (SSSR count). The third-order valence-corrected chi connectivity index (χ3v) is 6.47. The van der Waals surface area contributed by atoms with Gasteiger partial charge in [-0.05, 0) is 35.3 Å². The van der Waals surface area contributed by atoms with Crippen LogP contribution >= 0.6 is 23.1 Å². The molecule has 0 atom stereocenters. The van der Waals surface area contributed by atoms with Crippen LogP contribution in [-0.2, 0) is 13.5 Å². The van der Waals surface area contributed by atoms with E-state index in [1.54, 1.807) is 47.7 Å². The summed E-state index contributed by atoms with van der Waals surface area (Å²) in [7, 11) is 1.84. The molecule has 0 aliphatic rings. The van der Waals surface area contributed by atoms with E-state index in [4.69, 9.17) is 0 Å². The van der Waals surface area contributed by atoms with Gasteiger partial charge in [0, 0.05) is 35.5 Å². The van der Waals surface area contributed by atoms with Gasteiger partial charge in [0.05, 0.1) is 9.82 Å². The fourth-order valence-corrected chi connectivity index (χ4v) is 4.50. The summed E-state index contributed by atoms with van der Waals surface area (Å²) in [6.07, 6.45) is 0.647. The monoisotopic (exact) mass is 436 g/mol. The Morgan fingerprint density at radius 1 is 1.10 bits per heavy atom. The smallest absolute Gasteiger partial charge is 0.284 e. The fourth-order valence-electron chi connectivity index (χ4n) is 2.90. The van der Waals surface area contributed by atoms with E-state index in [-0.39, 0.29) is 17.0 Å². The molecule has 0 amide bonds. The van der Waals surface area contributed by atoms with Crippen LogP contribution in [0.15, 0.2) is 76.1 Å². The van der Waals surface area contributed by atoms with Crippen LogP contribution in [0.4, 0.5) is 5.69 Å². The Hall–Kier alpha value is -3.30. The molecule has 150 valence electrons. The van der Waals surface area contributed by atoms with Crippen LogP contribution in [0.25, 0.3) is 0 Å². The largest absolute Gasteiger partial charge is 0.309 e. The van der Waals surface area contributed by atoms with Crippen LogP contribution in [0.5, 0.6) is 0 Å². The maximum absolute atomic E-state index is 12.6. The Bertz CT molecular complexity index is 1200. The van der Waals surface area contributed by atoms with Gasteiger partial charge >= 0.3 is 0 Å². The zero-order chi connectivity index (χ0) is 21.1. The third-order valence-electron chi connectivity index (χ3n) is 4.49. The minimum atomic E-state index is -0.479. The van der Waals surface area contributed by atoms with E-state index in [0.29, 0.717) is 22.0 Å². The lowest BCUT2D eigenvalue weighted by molar-refractivity contribution is -0.387. The van der Waals surface area contributed by atoms with E-state index in [9.17, 15) is 14.9 Å². The Kier molecular flexibility index (Phi) is 5.73. The van der Waals surface area contributed by atoms with Crippen molar-refractivity contribution in [1.82, 2.24) is 14.8 Å². The summed E-state index contributed by atoms with van der Waals surface area (Å²) in [6, 6.07) is 17.2. The van der Waals surface area contributed by atoms with Gasteiger partial charge in [-0.1, -0.05) is 36.4 Å². The second-order valence-corrected chi connectivity index (χ2v) is 8.49. The predicted molar refractivity (Wildman–Crippen MR) is 115 cm³/mol. The minimum Gasteiger partial charge on any atom is -0.309 e. The van der Waals surface area contributed by atoms with Gasteiger partial charge in [0.1, 0.15) is 5.82 Å². The molecular weight excluding hydrogens is 420 g/mol. The summed E-state index contributed by atoms with van der Waals surface area (Å²) in [5.41, 5.74) is 0.622. The number of benzene rings is 2. The number of nitrogens with zero attached hydrogens (tertiary/aromatic N) is 4. The number of carbonyl (C=O) groups is 1. The second kappa shape index (κ2) is 8.60. The molecule has 0 spiro atoms. The Morgan fingerprint density at radius 2 is 1.90 bits per heavy atom. The van der Waals surface area contributed by atoms with Crippen molar-refractivity contribution in [3.63, 3.8) is 0 Å². The van der Waals surface area contributed by atoms with E-state index in [0.717, 1.165) is 22.5 Å². The standard InChI is InChI=1S/C21H16N4O3S2/c1-24-19(13-16-8-5-11-29-16)22-23-21(24)30-18-10-9-15(12-17(18)25(27)28)20(26)14-6-3-2-4-7-14/h2-12H,13H2,1H3. The molecule has 0 aliphatic carbocycles. The van der Waals surface area contributed by atoms with Gasteiger partial charge in [0.25, 0.3) is 5.69 Å². The molecule has 2 aromatic heterocycles. The second-order valence-electron chi connectivity index (χ2n) is 6.45. The first-order valence-corrected chi connectivity index (χ1v) is 10.7. The lowest BCUT2D eigenvalue weighted by Crippen LogP contribution is -2.03. The van der Waals surface area contributed by atoms with Crippen molar-refractivity contribution < 1.29 is 9.72 Å². The first kappa shape index (κ1) is 20.0. The van der Waals surface area contributed by atoms with Gasteiger partial charge in [-0.25, -0.2) is 0 Å². The summed E-state index contributed by atoms with van der Waals surface area (Å²) in [6.45, 7) is 0. The summed E-state index contributed by atoms with van der Waals surface area (Å²) in [5.74, 6) is 0.519. The summed E-state index contributed by atoms with van der Waals surface area (Å²) in [5, 5.41) is 22.6. The van der Waals surface area contributed by atoms with E-state index in [2.05, 4.69) is 10.2 Å². The lowest BCUT2D eigenvalue weighted by atomic mass is 10.0. The zero-order valence-corrected chi connectivity index (χ0v) is 17.5. The number of hydrogen-bond acceptors (Lipinski definition) is 7. The minimum absolute atomic E-state index is 0.135. The quantitative estimate of drug-likeness (QED) is 0.236. The molecule has 0 radical (unpaired) electrons. The van der Waals surface area contributed by atoms with Crippen molar-refractivity contribution in [1.29, 1.82) is 0 Å². The van der Waals surface area contributed by atoms with Gasteiger partial charge < -0.3 is 4.57 Å². The number of ketones is 1. The first-order valence-electron chi connectivity index (χ1n) is 8.99. The molecule has 2 aromatic carbocycles. The molecule has 0 saturated heterocycles. The number of rotatable bonds is 7. The average molecular weight is 437 g/mol. The molecular formula is C21H16N4O3S2. The molecule has 0 fully saturated rings. The molecule has 0 bridgehead atoms. The van der Waals surface area contributed by atoms with Crippen molar-refractivity contribution >= 4 is 34.6 Å². The van der Waals surface area contributed by atoms with Crippen molar-refractivity contribution in [3.05, 3.63) is 98.0 Å². The number of carbonyl (C=O) groups excluding carboxylic acids is 1. The Morgan fingerprint density at radius 3 is 2.60 bits per heavy atom. The van der Waals surface area contributed by atoms with Crippen molar-refractivity contribution in [2.45, 2.75) is 16.5 Å². The molecule has 2 heterocycles. The number of aromatic nitrogens is 3. The van der Waals surface area contributed by atoms with Crippen LogP contribution in [0.3, 0.4) is 0 Å². The number of thiophene rings is 1. The molecule has 0 aliphatic heterocycles. The number of hydrogen-bond donors (Lipinski definition) is 0. The van der Waals surface area contributed by atoms with Crippen molar-refractivity contribution in [2.75, 3.05) is 0 Å². The van der Waals surface area contributed by atoms with E-state index >= 15 is 0 Å². The topological polar surface area (TPSA) is 90.9 Å². The third kappa shape index (κ3) is 4.17. The van der Waals surface area contributed by atoms with Gasteiger partial charge in [0.2, 0.25) is 0 Å². The summed E-state index contributed by atoms with van der Waals surface area (Å²) in [4.78, 5) is 25.4. The van der Waals surface area contributed by atoms with Crippen molar-refractivity contribution in [3.8, 4) is 0 Å². The average Bonchev–Trinajstić information content (AvgIpc) is 3.39. The predicted octanol–water partition coefficient (Wildman–Crippen LogP) is 4.76. The maximum Gasteiger partial charge on any atom is 0.284 e. The molecule has 0 N–H and O–H groups in total. The Labute approximate surface area is 180 Å². The van der Waals surface area contributed by atoms with Crippen LogP contribution in [0, 0.1) is 10.1 Å². The van der Waals surface area contributed by atoms with Crippen LogP contribution in [0.1, 0.15) is 26.6 Å². The molecule has 0 saturated carbocycles. The fraction of sp³-hybridized carbons (Fsp3) is 0.0952. The summed E-state index contributed by atoms with van der Waals surface area (Å²) >= 11 is 2.80. The van der Waals surface area contributed by atoms with Gasteiger partial charge in [-0.3, -0.25) is 14.9 Å². The highest BCUT2D eigenvalue weighted by atomic mass is 32.2. The van der Waals surface area contributed by atoms with E-state index < -0.39 is 4.92 Å². The normalized spacial score (nSPS) is 10.8. The first-order chi connectivity index (χ1) is 14.5. The highest BCUT2D eigenvalue weighted by Gasteiger charge is 2.21. The molecule has 30 heavy (non-hydrogen) atoms. The summed E-state index contributed by atoms with van der Waals surface area (Å²) < 4.78 is 1.83. The number of nitro groups is 1. The highest BCUT2D eigenvalue weighted by molar-refractivity contribution is 7.99. The van der Waals surface area contributed by atoms with Crippen LogP contribution in [-0.4, -0.2) is 25.5 Å². The Balaban J connectivity index is 1.61. The maximum atomic E-state index is 12.6. The highest BCUT2D eigenvalue weighted by Crippen LogP contribution is 2.35. The number of nitro benzene ring substituents is 1. The molecule has 9 heteroatoms. The molecule has 7 nitrogen and oxygen atoms in total. The molecule has 0 unspecified atom stereocenters. The van der Waals surface area contributed by atoms with Crippen molar-refractivity contribution in [2.24, 2.45) is 7.05 Å². The van der Waals surface area contributed by atoms with Gasteiger partial charge in [-0.2, -0.15) is 0 Å².